The minimum atomic E-state index is -1.20. The second-order valence-electron chi connectivity index (χ2n) is 2.39. The van der Waals surface area contributed by atoms with Crippen molar-refractivity contribution in [3.63, 3.8) is 0 Å². The van der Waals surface area contributed by atoms with E-state index in [-0.39, 0.29) is 10.0 Å². The van der Waals surface area contributed by atoms with Gasteiger partial charge in [0.15, 0.2) is 0 Å². The number of carbonyl (C=O) groups is 1. The number of aliphatic carboxylic acids is 1. The molecule has 0 aromatic heterocycles. The molecule has 1 aromatic carbocycles. The molecule has 0 spiro atoms. The van der Waals surface area contributed by atoms with Crippen LogP contribution in [-0.4, -0.2) is 11.1 Å². The molecule has 2 nitrogen and oxygen atoms in total. The Hall–Kier alpha value is -0.970. The SMILES string of the molecule is O=C(O)Cc1c(F)ccc(F)c1Br. The van der Waals surface area contributed by atoms with Gasteiger partial charge in [-0.1, -0.05) is 0 Å². The van der Waals surface area contributed by atoms with Crippen molar-refractivity contribution in [2.45, 2.75) is 6.42 Å². The molecule has 0 radical (unpaired) electrons. The monoisotopic (exact) mass is 250 g/mol. The Labute approximate surface area is 81.3 Å². The van der Waals surface area contributed by atoms with Gasteiger partial charge in [0, 0.05) is 5.56 Å². The van der Waals surface area contributed by atoms with E-state index in [9.17, 15) is 13.6 Å². The van der Waals surface area contributed by atoms with E-state index in [1.54, 1.807) is 0 Å². The lowest BCUT2D eigenvalue weighted by Crippen LogP contribution is -2.04. The van der Waals surface area contributed by atoms with Crippen LogP contribution in [0.15, 0.2) is 16.6 Å². The van der Waals surface area contributed by atoms with Crippen molar-refractivity contribution in [1.82, 2.24) is 0 Å². The molecule has 0 bridgehead atoms. The number of halogens is 3. The van der Waals surface area contributed by atoms with Crippen molar-refractivity contribution in [3.8, 4) is 0 Å². The van der Waals surface area contributed by atoms with Crippen molar-refractivity contribution in [1.29, 1.82) is 0 Å². The van der Waals surface area contributed by atoms with Gasteiger partial charge in [0.05, 0.1) is 10.9 Å². The molecular formula is C8H5BrF2O2. The number of hydrogen-bond donors (Lipinski definition) is 1. The van der Waals surface area contributed by atoms with Crippen molar-refractivity contribution in [2.75, 3.05) is 0 Å². The summed E-state index contributed by atoms with van der Waals surface area (Å²) in [6.45, 7) is 0. The van der Waals surface area contributed by atoms with Gasteiger partial charge >= 0.3 is 5.97 Å². The molecule has 0 aliphatic rings. The maximum atomic E-state index is 12.9. The van der Waals surface area contributed by atoms with E-state index < -0.39 is 24.0 Å². The van der Waals surface area contributed by atoms with Crippen LogP contribution in [0.4, 0.5) is 8.78 Å². The number of hydrogen-bond acceptors (Lipinski definition) is 1. The summed E-state index contributed by atoms with van der Waals surface area (Å²) < 4.78 is 25.6. The molecule has 0 saturated heterocycles. The lowest BCUT2D eigenvalue weighted by atomic mass is 10.1. The minimum Gasteiger partial charge on any atom is -0.481 e. The van der Waals surface area contributed by atoms with E-state index in [0.717, 1.165) is 12.1 Å². The summed E-state index contributed by atoms with van der Waals surface area (Å²) in [6.07, 6.45) is -0.538. The normalized spacial score (nSPS) is 10.1. The third-order valence-corrected chi connectivity index (χ3v) is 2.32. The van der Waals surface area contributed by atoms with Crippen LogP contribution in [0.25, 0.3) is 0 Å². The quantitative estimate of drug-likeness (QED) is 0.819. The molecule has 13 heavy (non-hydrogen) atoms. The van der Waals surface area contributed by atoms with Crippen molar-refractivity contribution in [3.05, 3.63) is 33.8 Å². The van der Waals surface area contributed by atoms with E-state index in [1.807, 2.05) is 0 Å². The van der Waals surface area contributed by atoms with E-state index in [4.69, 9.17) is 5.11 Å². The summed E-state index contributed by atoms with van der Waals surface area (Å²) in [5, 5.41) is 8.40. The van der Waals surface area contributed by atoms with Gasteiger partial charge in [-0.3, -0.25) is 4.79 Å². The van der Waals surface area contributed by atoms with Crippen LogP contribution in [0, 0.1) is 11.6 Å². The smallest absolute Gasteiger partial charge is 0.307 e. The molecule has 0 heterocycles. The Morgan fingerprint density at radius 3 is 2.46 bits per heavy atom. The zero-order chi connectivity index (χ0) is 10.0. The van der Waals surface area contributed by atoms with Gasteiger partial charge in [-0.05, 0) is 28.1 Å². The average molecular weight is 251 g/mol. The van der Waals surface area contributed by atoms with Crippen LogP contribution in [0.5, 0.6) is 0 Å². The van der Waals surface area contributed by atoms with E-state index in [2.05, 4.69) is 15.9 Å². The van der Waals surface area contributed by atoms with Crippen LogP contribution in [0.3, 0.4) is 0 Å². The Morgan fingerprint density at radius 1 is 1.38 bits per heavy atom. The summed E-state index contributed by atoms with van der Waals surface area (Å²) in [6, 6.07) is 1.84. The maximum absolute atomic E-state index is 12.9. The summed E-state index contributed by atoms with van der Waals surface area (Å²) in [5.74, 6) is -2.60. The molecular weight excluding hydrogens is 246 g/mol. The number of carboxylic acid groups (broad SMARTS) is 1. The van der Waals surface area contributed by atoms with Crippen LogP contribution in [0.1, 0.15) is 5.56 Å². The van der Waals surface area contributed by atoms with Crippen LogP contribution in [-0.2, 0) is 11.2 Å². The Bertz CT molecular complexity index is 352. The van der Waals surface area contributed by atoms with Gasteiger partial charge in [-0.15, -0.1) is 0 Å². The predicted molar refractivity (Wildman–Crippen MR) is 45.4 cm³/mol. The molecule has 70 valence electrons. The fraction of sp³-hybridized carbons (Fsp3) is 0.125. The summed E-state index contributed by atoms with van der Waals surface area (Å²) >= 11 is 2.78. The van der Waals surface area contributed by atoms with Crippen molar-refractivity contribution < 1.29 is 18.7 Å². The zero-order valence-corrected chi connectivity index (χ0v) is 7.94. The van der Waals surface area contributed by atoms with Gasteiger partial charge in [-0.25, -0.2) is 8.78 Å². The molecule has 0 saturated carbocycles. The van der Waals surface area contributed by atoms with E-state index in [0.29, 0.717) is 0 Å². The van der Waals surface area contributed by atoms with Gasteiger partial charge in [-0.2, -0.15) is 0 Å². The standard InChI is InChI=1S/C8H5BrF2O2/c9-8-4(3-7(12)13)5(10)1-2-6(8)11/h1-2H,3H2,(H,12,13). The molecule has 0 aliphatic carbocycles. The largest absolute Gasteiger partial charge is 0.481 e. The number of rotatable bonds is 2. The van der Waals surface area contributed by atoms with Crippen molar-refractivity contribution in [2.24, 2.45) is 0 Å². The first-order valence-electron chi connectivity index (χ1n) is 3.36. The van der Waals surface area contributed by atoms with Crippen molar-refractivity contribution >= 4 is 21.9 Å². The number of carboxylic acids is 1. The molecule has 5 heteroatoms. The molecule has 1 rings (SSSR count). The molecule has 1 N–H and O–H groups in total. The topological polar surface area (TPSA) is 37.3 Å². The molecule has 0 fully saturated rings. The molecule has 0 amide bonds. The average Bonchev–Trinajstić information content (AvgIpc) is 2.05. The highest BCUT2D eigenvalue weighted by atomic mass is 79.9. The van der Waals surface area contributed by atoms with Gasteiger partial charge < -0.3 is 5.11 Å². The van der Waals surface area contributed by atoms with E-state index >= 15 is 0 Å². The lowest BCUT2D eigenvalue weighted by Gasteiger charge is -2.03. The summed E-state index contributed by atoms with van der Waals surface area (Å²) in [7, 11) is 0. The molecule has 0 aliphatic heterocycles. The Kier molecular flexibility index (Phi) is 2.98. The number of benzene rings is 1. The highest BCUT2D eigenvalue weighted by Gasteiger charge is 2.13. The van der Waals surface area contributed by atoms with Crippen LogP contribution >= 0.6 is 15.9 Å². The lowest BCUT2D eigenvalue weighted by molar-refractivity contribution is -0.136. The fourth-order valence-corrected chi connectivity index (χ4v) is 1.34. The van der Waals surface area contributed by atoms with Gasteiger partial charge in [0.2, 0.25) is 0 Å². The van der Waals surface area contributed by atoms with Gasteiger partial charge in [0.1, 0.15) is 11.6 Å². The highest BCUT2D eigenvalue weighted by Crippen LogP contribution is 2.23. The van der Waals surface area contributed by atoms with Crippen LogP contribution in [0.2, 0.25) is 0 Å². The molecule has 1 aromatic rings. The molecule has 0 atom stereocenters. The Balaban J connectivity index is 3.17. The highest BCUT2D eigenvalue weighted by molar-refractivity contribution is 9.10. The first-order valence-corrected chi connectivity index (χ1v) is 4.16. The Morgan fingerprint density at radius 2 is 1.92 bits per heavy atom. The second-order valence-corrected chi connectivity index (χ2v) is 3.19. The van der Waals surface area contributed by atoms with E-state index in [1.165, 1.54) is 0 Å². The predicted octanol–water partition coefficient (Wildman–Crippen LogP) is 2.35. The maximum Gasteiger partial charge on any atom is 0.307 e. The zero-order valence-electron chi connectivity index (χ0n) is 6.35. The third-order valence-electron chi connectivity index (χ3n) is 1.47. The first-order chi connectivity index (χ1) is 6.02. The van der Waals surface area contributed by atoms with Crippen LogP contribution < -0.4 is 0 Å². The summed E-state index contributed by atoms with van der Waals surface area (Å²) in [5.41, 5.74) is -0.174. The first kappa shape index (κ1) is 10.1. The fourth-order valence-electron chi connectivity index (χ4n) is 0.882. The second kappa shape index (κ2) is 3.83. The van der Waals surface area contributed by atoms with Gasteiger partial charge in [0.25, 0.3) is 0 Å². The minimum absolute atomic E-state index is 0.130. The third kappa shape index (κ3) is 2.24. The molecule has 0 unspecified atom stereocenters. The summed E-state index contributed by atoms with van der Waals surface area (Å²) in [4.78, 5) is 10.3.